The van der Waals surface area contributed by atoms with E-state index in [1.165, 1.54) is 6.07 Å². The molecule has 15 heavy (non-hydrogen) atoms. The highest BCUT2D eigenvalue weighted by molar-refractivity contribution is 6.30. The van der Waals surface area contributed by atoms with E-state index in [0.29, 0.717) is 16.1 Å². The van der Waals surface area contributed by atoms with Crippen LogP contribution in [0.15, 0.2) is 18.2 Å². The van der Waals surface area contributed by atoms with Gasteiger partial charge in [-0.1, -0.05) is 17.7 Å². The largest absolute Gasteiger partial charge is 0.480 e. The molecule has 1 atom stereocenters. The molecule has 0 aliphatic carbocycles. The summed E-state index contributed by atoms with van der Waals surface area (Å²) in [6, 6.07) is 5.66. The lowest BCUT2D eigenvalue weighted by molar-refractivity contribution is -0.138. The first kappa shape index (κ1) is 11.5. The molecule has 5 heteroatoms. The maximum absolute atomic E-state index is 10.5. The summed E-state index contributed by atoms with van der Waals surface area (Å²) in [6.07, 6.45) is 0.120. The van der Waals surface area contributed by atoms with Crippen LogP contribution in [0.1, 0.15) is 11.1 Å². The number of halogens is 1. The Morgan fingerprint density at radius 2 is 2.33 bits per heavy atom. The quantitative estimate of drug-likeness (QED) is 0.807. The summed E-state index contributed by atoms with van der Waals surface area (Å²) in [7, 11) is 0. The molecular weight excluding hydrogens is 216 g/mol. The predicted octanol–water partition coefficient (Wildman–Crippen LogP) is 1.17. The van der Waals surface area contributed by atoms with E-state index in [0.717, 1.165) is 0 Å². The maximum atomic E-state index is 10.5. The van der Waals surface area contributed by atoms with Crippen LogP contribution in [0.25, 0.3) is 0 Å². The van der Waals surface area contributed by atoms with Gasteiger partial charge in [0.05, 0.1) is 11.6 Å². The van der Waals surface area contributed by atoms with Crippen molar-refractivity contribution in [2.24, 2.45) is 5.73 Å². The van der Waals surface area contributed by atoms with Gasteiger partial charge in [-0.15, -0.1) is 0 Å². The van der Waals surface area contributed by atoms with E-state index in [4.69, 9.17) is 27.7 Å². The standard InChI is InChI=1S/C10H9ClN2O2/c11-8-2-1-6(7(3-8)5-12)4-9(13)10(14)15/h1-3,9H,4,13H2,(H,14,15). The Morgan fingerprint density at radius 3 is 2.87 bits per heavy atom. The van der Waals surface area contributed by atoms with Crippen LogP contribution in [-0.2, 0) is 11.2 Å². The SMILES string of the molecule is N#Cc1cc(Cl)ccc1CC(N)C(=O)O. The lowest BCUT2D eigenvalue weighted by Crippen LogP contribution is -2.32. The van der Waals surface area contributed by atoms with Crippen molar-refractivity contribution in [3.8, 4) is 6.07 Å². The Hall–Kier alpha value is -1.57. The molecule has 0 aliphatic rings. The lowest BCUT2D eigenvalue weighted by atomic mass is 10.0. The first-order valence-corrected chi connectivity index (χ1v) is 4.59. The third-order valence-corrected chi connectivity index (χ3v) is 2.18. The van der Waals surface area contributed by atoms with Gasteiger partial charge < -0.3 is 10.8 Å². The molecule has 4 nitrogen and oxygen atoms in total. The van der Waals surface area contributed by atoms with Gasteiger partial charge in [0, 0.05) is 5.02 Å². The fourth-order valence-corrected chi connectivity index (χ4v) is 1.33. The third-order valence-electron chi connectivity index (χ3n) is 1.95. The van der Waals surface area contributed by atoms with Crippen LogP contribution >= 0.6 is 11.6 Å². The Morgan fingerprint density at radius 1 is 1.67 bits per heavy atom. The fourth-order valence-electron chi connectivity index (χ4n) is 1.15. The second kappa shape index (κ2) is 4.78. The molecule has 0 saturated heterocycles. The van der Waals surface area contributed by atoms with Gasteiger partial charge in [-0.2, -0.15) is 5.26 Å². The molecule has 1 unspecified atom stereocenters. The second-order valence-corrected chi connectivity index (χ2v) is 3.50. The molecule has 1 aromatic rings. The topological polar surface area (TPSA) is 87.1 Å². The molecule has 0 radical (unpaired) electrons. The molecule has 0 aliphatic heterocycles. The first-order valence-electron chi connectivity index (χ1n) is 4.21. The third kappa shape index (κ3) is 2.94. The van der Waals surface area contributed by atoms with Crippen molar-refractivity contribution in [2.75, 3.05) is 0 Å². The highest BCUT2D eigenvalue weighted by Crippen LogP contribution is 2.16. The maximum Gasteiger partial charge on any atom is 0.320 e. The summed E-state index contributed by atoms with van der Waals surface area (Å²) in [4.78, 5) is 10.5. The van der Waals surface area contributed by atoms with Crippen LogP contribution in [0.5, 0.6) is 0 Å². The van der Waals surface area contributed by atoms with E-state index in [9.17, 15) is 4.79 Å². The zero-order valence-corrected chi connectivity index (χ0v) is 8.53. The second-order valence-electron chi connectivity index (χ2n) is 3.06. The summed E-state index contributed by atoms with van der Waals surface area (Å²) >= 11 is 5.70. The molecule has 0 heterocycles. The summed E-state index contributed by atoms with van der Waals surface area (Å²) in [5.41, 5.74) is 6.32. The smallest absolute Gasteiger partial charge is 0.320 e. The van der Waals surface area contributed by atoms with Crippen molar-refractivity contribution in [3.05, 3.63) is 34.3 Å². The molecule has 0 bridgehead atoms. The molecule has 0 spiro atoms. The van der Waals surface area contributed by atoms with Crippen molar-refractivity contribution < 1.29 is 9.90 Å². The van der Waals surface area contributed by atoms with E-state index in [1.54, 1.807) is 12.1 Å². The van der Waals surface area contributed by atoms with Crippen molar-refractivity contribution >= 4 is 17.6 Å². The van der Waals surface area contributed by atoms with Gasteiger partial charge in [-0.3, -0.25) is 4.79 Å². The highest BCUT2D eigenvalue weighted by atomic mass is 35.5. The number of hydrogen-bond acceptors (Lipinski definition) is 3. The minimum absolute atomic E-state index is 0.120. The van der Waals surface area contributed by atoms with E-state index in [1.807, 2.05) is 6.07 Å². The van der Waals surface area contributed by atoms with Gasteiger partial charge in [0.1, 0.15) is 6.04 Å². The minimum Gasteiger partial charge on any atom is -0.480 e. The van der Waals surface area contributed by atoms with Gasteiger partial charge in [-0.25, -0.2) is 0 Å². The molecule has 78 valence electrons. The van der Waals surface area contributed by atoms with E-state index in [-0.39, 0.29) is 6.42 Å². The molecule has 0 amide bonds. The minimum atomic E-state index is -1.09. The van der Waals surface area contributed by atoms with Crippen LogP contribution in [0.2, 0.25) is 5.02 Å². The number of rotatable bonds is 3. The summed E-state index contributed by atoms with van der Waals surface area (Å²) < 4.78 is 0. The number of carbonyl (C=O) groups is 1. The van der Waals surface area contributed by atoms with E-state index in [2.05, 4.69) is 0 Å². The zero-order chi connectivity index (χ0) is 11.4. The zero-order valence-electron chi connectivity index (χ0n) is 7.77. The number of carboxylic acids is 1. The van der Waals surface area contributed by atoms with Gasteiger partial charge in [0.15, 0.2) is 0 Å². The van der Waals surface area contributed by atoms with Crippen LogP contribution in [0.3, 0.4) is 0 Å². The number of aliphatic carboxylic acids is 1. The number of nitrogens with zero attached hydrogens (tertiary/aromatic N) is 1. The molecule has 0 saturated carbocycles. The fraction of sp³-hybridized carbons (Fsp3) is 0.200. The highest BCUT2D eigenvalue weighted by Gasteiger charge is 2.14. The molecule has 0 fully saturated rings. The van der Waals surface area contributed by atoms with Crippen molar-refractivity contribution in [1.29, 1.82) is 5.26 Å². The molecule has 1 rings (SSSR count). The van der Waals surface area contributed by atoms with Crippen molar-refractivity contribution in [3.63, 3.8) is 0 Å². The van der Waals surface area contributed by atoms with Gasteiger partial charge in [0.2, 0.25) is 0 Å². The Labute approximate surface area is 91.9 Å². The van der Waals surface area contributed by atoms with E-state index < -0.39 is 12.0 Å². The summed E-state index contributed by atoms with van der Waals surface area (Å²) in [6.45, 7) is 0. The average molecular weight is 225 g/mol. The number of hydrogen-bond donors (Lipinski definition) is 2. The average Bonchev–Trinajstić information content (AvgIpc) is 2.20. The number of nitriles is 1. The Bertz CT molecular complexity index is 426. The van der Waals surface area contributed by atoms with Gasteiger partial charge in [-0.05, 0) is 24.1 Å². The van der Waals surface area contributed by atoms with Crippen LogP contribution in [0.4, 0.5) is 0 Å². The van der Waals surface area contributed by atoms with Gasteiger partial charge >= 0.3 is 5.97 Å². The summed E-state index contributed by atoms with van der Waals surface area (Å²) in [5.74, 6) is -1.09. The lowest BCUT2D eigenvalue weighted by Gasteiger charge is -2.07. The predicted molar refractivity (Wildman–Crippen MR) is 55.5 cm³/mol. The molecule has 1 aromatic carbocycles. The normalized spacial score (nSPS) is 11.8. The first-order chi connectivity index (χ1) is 7.04. The van der Waals surface area contributed by atoms with Crippen LogP contribution in [-0.4, -0.2) is 17.1 Å². The van der Waals surface area contributed by atoms with Gasteiger partial charge in [0.25, 0.3) is 0 Å². The summed E-state index contributed by atoms with van der Waals surface area (Å²) in [5, 5.41) is 17.9. The van der Waals surface area contributed by atoms with Crippen LogP contribution in [0, 0.1) is 11.3 Å². The van der Waals surface area contributed by atoms with E-state index >= 15 is 0 Å². The van der Waals surface area contributed by atoms with Crippen molar-refractivity contribution in [2.45, 2.75) is 12.5 Å². The van der Waals surface area contributed by atoms with Crippen LogP contribution < -0.4 is 5.73 Å². The number of carboxylic acid groups (broad SMARTS) is 1. The number of nitrogens with two attached hydrogens (primary N) is 1. The molecule has 3 N–H and O–H groups in total. The monoisotopic (exact) mass is 224 g/mol. The Balaban J connectivity index is 2.96. The van der Waals surface area contributed by atoms with Crippen molar-refractivity contribution in [1.82, 2.24) is 0 Å². The molecule has 0 aromatic heterocycles. The number of benzene rings is 1. The molecular formula is C10H9ClN2O2. The Kier molecular flexibility index (Phi) is 3.67.